The highest BCUT2D eigenvalue weighted by molar-refractivity contribution is 6.31. The Labute approximate surface area is 210 Å². The maximum atomic E-state index is 13.4. The first-order chi connectivity index (χ1) is 17.3. The number of halogens is 2. The van der Waals surface area contributed by atoms with Crippen LogP contribution < -0.4 is 21.3 Å². The molecule has 184 valence electrons. The zero-order valence-corrected chi connectivity index (χ0v) is 20.3. The summed E-state index contributed by atoms with van der Waals surface area (Å²) < 4.78 is 20.3. The Morgan fingerprint density at radius 2 is 1.81 bits per heavy atom. The number of hydrogen-bond acceptors (Lipinski definition) is 5. The van der Waals surface area contributed by atoms with E-state index in [1.54, 1.807) is 43.3 Å². The lowest BCUT2D eigenvalue weighted by molar-refractivity contribution is 0.0941. The van der Waals surface area contributed by atoms with E-state index in [0.29, 0.717) is 27.6 Å². The summed E-state index contributed by atoms with van der Waals surface area (Å²) in [5, 5.41) is 7.09. The molecule has 0 unspecified atom stereocenters. The Morgan fingerprint density at radius 3 is 2.50 bits per heavy atom. The SMILES string of the molecule is COc1cccc(Cn2c(=O)c(C(=O)NCc3ccc(F)cc3)nn(-c3ccc(C)c(Cl)c3)c2=O)c1. The van der Waals surface area contributed by atoms with Crippen LogP contribution in [0.5, 0.6) is 5.75 Å². The fourth-order valence-corrected chi connectivity index (χ4v) is 3.67. The second-order valence-corrected chi connectivity index (χ2v) is 8.44. The molecule has 0 fully saturated rings. The van der Waals surface area contributed by atoms with Crippen molar-refractivity contribution in [2.24, 2.45) is 0 Å². The van der Waals surface area contributed by atoms with E-state index < -0.39 is 28.7 Å². The van der Waals surface area contributed by atoms with E-state index in [1.807, 2.05) is 0 Å². The third-order valence-electron chi connectivity index (χ3n) is 5.52. The summed E-state index contributed by atoms with van der Waals surface area (Å²) in [7, 11) is 1.51. The Hall–Kier alpha value is -4.24. The lowest BCUT2D eigenvalue weighted by Crippen LogP contribution is -2.46. The van der Waals surface area contributed by atoms with Gasteiger partial charge in [-0.25, -0.2) is 9.18 Å². The number of aromatic nitrogens is 3. The standard InChI is InChI=1S/C26H22ClFN4O4/c1-16-6-11-20(13-22(16)27)32-26(35)31(15-18-4-3-5-21(12-18)36-2)25(34)23(30-32)24(33)29-14-17-7-9-19(28)10-8-17/h3-13H,14-15H2,1-2H3,(H,29,33). The molecule has 0 bridgehead atoms. The summed E-state index contributed by atoms with van der Waals surface area (Å²) in [6.07, 6.45) is 0. The normalized spacial score (nSPS) is 10.8. The van der Waals surface area contributed by atoms with Crippen molar-refractivity contribution in [1.29, 1.82) is 0 Å². The molecule has 8 nitrogen and oxygen atoms in total. The number of nitrogens with zero attached hydrogens (tertiary/aromatic N) is 3. The smallest absolute Gasteiger partial charge is 0.352 e. The van der Waals surface area contributed by atoms with E-state index in [4.69, 9.17) is 16.3 Å². The molecule has 0 aliphatic rings. The van der Waals surface area contributed by atoms with Gasteiger partial charge in [-0.2, -0.15) is 9.78 Å². The molecule has 1 N–H and O–H groups in total. The largest absolute Gasteiger partial charge is 0.497 e. The second-order valence-electron chi connectivity index (χ2n) is 8.03. The van der Waals surface area contributed by atoms with Crippen LogP contribution in [0.4, 0.5) is 4.39 Å². The maximum Gasteiger partial charge on any atom is 0.352 e. The zero-order chi connectivity index (χ0) is 25.8. The van der Waals surface area contributed by atoms with Gasteiger partial charge in [0.25, 0.3) is 11.5 Å². The molecule has 0 spiro atoms. The van der Waals surface area contributed by atoms with Crippen LogP contribution in [-0.4, -0.2) is 27.4 Å². The van der Waals surface area contributed by atoms with Crippen LogP contribution in [0.15, 0.2) is 76.3 Å². The summed E-state index contributed by atoms with van der Waals surface area (Å²) in [5.41, 5.74) is 0.257. The molecule has 1 heterocycles. The number of amides is 1. The van der Waals surface area contributed by atoms with E-state index in [-0.39, 0.29) is 13.1 Å². The van der Waals surface area contributed by atoms with Crippen molar-refractivity contribution in [3.63, 3.8) is 0 Å². The number of hydrogen-bond donors (Lipinski definition) is 1. The summed E-state index contributed by atoms with van der Waals surface area (Å²) in [6.45, 7) is 1.72. The van der Waals surface area contributed by atoms with Crippen molar-refractivity contribution in [2.45, 2.75) is 20.0 Å². The number of carbonyl (C=O) groups excluding carboxylic acids is 1. The molecule has 0 aliphatic carbocycles. The van der Waals surface area contributed by atoms with Crippen molar-refractivity contribution in [2.75, 3.05) is 7.11 Å². The monoisotopic (exact) mass is 508 g/mol. The predicted octanol–water partition coefficient (Wildman–Crippen LogP) is 3.48. The molecule has 0 radical (unpaired) electrons. The number of methoxy groups -OCH3 is 1. The highest BCUT2D eigenvalue weighted by atomic mass is 35.5. The molecule has 0 atom stereocenters. The van der Waals surface area contributed by atoms with E-state index >= 15 is 0 Å². The third kappa shape index (κ3) is 5.36. The highest BCUT2D eigenvalue weighted by Gasteiger charge is 2.21. The van der Waals surface area contributed by atoms with Crippen LogP contribution >= 0.6 is 11.6 Å². The van der Waals surface area contributed by atoms with Crippen LogP contribution in [0.25, 0.3) is 5.69 Å². The van der Waals surface area contributed by atoms with Crippen LogP contribution in [0.2, 0.25) is 5.02 Å². The lowest BCUT2D eigenvalue weighted by atomic mass is 10.2. The minimum atomic E-state index is -0.853. The van der Waals surface area contributed by atoms with Crippen molar-refractivity contribution in [3.05, 3.63) is 121 Å². The molecule has 4 aromatic rings. The second kappa shape index (κ2) is 10.6. The third-order valence-corrected chi connectivity index (χ3v) is 5.92. The molecule has 10 heteroatoms. The molecule has 3 aromatic carbocycles. The summed E-state index contributed by atoms with van der Waals surface area (Å²) >= 11 is 6.25. The van der Waals surface area contributed by atoms with Gasteiger partial charge < -0.3 is 10.1 Å². The van der Waals surface area contributed by atoms with Crippen LogP contribution in [-0.2, 0) is 13.1 Å². The zero-order valence-electron chi connectivity index (χ0n) is 19.5. The molecule has 1 amide bonds. The average Bonchev–Trinajstić information content (AvgIpc) is 2.88. The Morgan fingerprint density at radius 1 is 1.06 bits per heavy atom. The van der Waals surface area contributed by atoms with Gasteiger partial charge in [-0.1, -0.05) is 41.9 Å². The van der Waals surface area contributed by atoms with Crippen molar-refractivity contribution in [1.82, 2.24) is 19.7 Å². The van der Waals surface area contributed by atoms with E-state index in [0.717, 1.165) is 14.8 Å². The van der Waals surface area contributed by atoms with E-state index in [1.165, 1.54) is 37.4 Å². The first-order valence-electron chi connectivity index (χ1n) is 10.9. The number of ether oxygens (including phenoxy) is 1. The van der Waals surface area contributed by atoms with E-state index in [9.17, 15) is 18.8 Å². The van der Waals surface area contributed by atoms with Crippen LogP contribution in [0.1, 0.15) is 27.2 Å². The summed E-state index contributed by atoms with van der Waals surface area (Å²) in [6, 6.07) is 17.3. The van der Waals surface area contributed by atoms with Gasteiger partial charge in [-0.05, 0) is 60.0 Å². The summed E-state index contributed by atoms with van der Waals surface area (Å²) in [4.78, 5) is 39.6. The average molecular weight is 509 g/mol. The molecular weight excluding hydrogens is 487 g/mol. The highest BCUT2D eigenvalue weighted by Crippen LogP contribution is 2.18. The van der Waals surface area contributed by atoms with Crippen molar-refractivity contribution >= 4 is 17.5 Å². The number of aryl methyl sites for hydroxylation is 1. The van der Waals surface area contributed by atoms with Gasteiger partial charge in [-0.3, -0.25) is 14.2 Å². The van der Waals surface area contributed by atoms with Crippen LogP contribution in [0.3, 0.4) is 0 Å². The maximum absolute atomic E-state index is 13.4. The minimum Gasteiger partial charge on any atom is -0.497 e. The minimum absolute atomic E-state index is 0.0333. The Balaban J connectivity index is 1.78. The van der Waals surface area contributed by atoms with Gasteiger partial charge >= 0.3 is 5.69 Å². The number of nitrogens with one attached hydrogen (secondary N) is 1. The molecule has 1 aromatic heterocycles. The van der Waals surface area contributed by atoms with Gasteiger partial charge in [-0.15, -0.1) is 0 Å². The lowest BCUT2D eigenvalue weighted by Gasteiger charge is -2.13. The van der Waals surface area contributed by atoms with Gasteiger partial charge in [0.1, 0.15) is 11.6 Å². The first kappa shape index (κ1) is 24.9. The summed E-state index contributed by atoms with van der Waals surface area (Å²) in [5.74, 6) is -0.635. The topological polar surface area (TPSA) is 95.2 Å². The first-order valence-corrected chi connectivity index (χ1v) is 11.3. The Bertz CT molecular complexity index is 1550. The van der Waals surface area contributed by atoms with Gasteiger partial charge in [0.2, 0.25) is 5.69 Å². The number of benzene rings is 3. The molecule has 0 saturated heterocycles. The van der Waals surface area contributed by atoms with Crippen LogP contribution in [0, 0.1) is 12.7 Å². The Kier molecular flexibility index (Phi) is 7.30. The number of rotatable bonds is 7. The quantitative estimate of drug-likeness (QED) is 0.412. The molecule has 0 saturated carbocycles. The molecule has 0 aliphatic heterocycles. The molecular formula is C26H22ClFN4O4. The van der Waals surface area contributed by atoms with Gasteiger partial charge in [0, 0.05) is 11.6 Å². The van der Waals surface area contributed by atoms with E-state index in [2.05, 4.69) is 10.4 Å². The van der Waals surface area contributed by atoms with Gasteiger partial charge in [0.15, 0.2) is 0 Å². The fraction of sp³-hybridized carbons (Fsp3) is 0.154. The fourth-order valence-electron chi connectivity index (χ4n) is 3.50. The molecule has 36 heavy (non-hydrogen) atoms. The van der Waals surface area contributed by atoms with Crippen molar-refractivity contribution in [3.8, 4) is 11.4 Å². The number of carbonyl (C=O) groups is 1. The predicted molar refractivity (Wildman–Crippen MR) is 134 cm³/mol. The molecule has 4 rings (SSSR count). The van der Waals surface area contributed by atoms with Crippen molar-refractivity contribution < 1.29 is 13.9 Å². The van der Waals surface area contributed by atoms with Gasteiger partial charge in [0.05, 0.1) is 19.3 Å².